The quantitative estimate of drug-likeness (QED) is 0.745. The van der Waals surface area contributed by atoms with Crippen LogP contribution in [0.4, 0.5) is 0 Å². The van der Waals surface area contributed by atoms with E-state index in [1.807, 2.05) is 19.9 Å². The minimum absolute atomic E-state index is 0.0585. The molecule has 0 bridgehead atoms. The first kappa shape index (κ1) is 10.5. The first-order chi connectivity index (χ1) is 7.02. The zero-order valence-corrected chi connectivity index (χ0v) is 10.2. The van der Waals surface area contributed by atoms with E-state index in [-0.39, 0.29) is 11.8 Å². The molecule has 4 N–H and O–H groups in total. The Morgan fingerprint density at radius 1 is 1.47 bits per heavy atom. The molecule has 0 spiro atoms. The Kier molecular flexibility index (Phi) is 2.48. The molecule has 1 unspecified atom stereocenters. The number of fused-ring (bicyclic) bond motifs is 1. The van der Waals surface area contributed by atoms with Crippen LogP contribution in [0.25, 0.3) is 10.9 Å². The molecule has 1 aromatic carbocycles. The SMILES string of the molecule is Cc1[nH]c2ccc(O)c(Br)c2c1C(C)N. The van der Waals surface area contributed by atoms with E-state index in [4.69, 9.17) is 5.73 Å². The van der Waals surface area contributed by atoms with E-state index >= 15 is 0 Å². The Hall–Kier alpha value is -1.00. The second-order valence-electron chi connectivity index (χ2n) is 3.77. The van der Waals surface area contributed by atoms with Gasteiger partial charge in [-0.2, -0.15) is 0 Å². The number of benzene rings is 1. The van der Waals surface area contributed by atoms with Crippen LogP contribution in [0.2, 0.25) is 0 Å². The molecular formula is C11H13BrN2O. The van der Waals surface area contributed by atoms with Crippen molar-refractivity contribution in [1.82, 2.24) is 4.98 Å². The fourth-order valence-corrected chi connectivity index (χ4v) is 2.52. The topological polar surface area (TPSA) is 62.0 Å². The third-order valence-electron chi connectivity index (χ3n) is 2.57. The number of aromatic amines is 1. The van der Waals surface area contributed by atoms with Gasteiger partial charge in [-0.05, 0) is 47.5 Å². The van der Waals surface area contributed by atoms with Crippen LogP contribution in [0, 0.1) is 6.92 Å². The molecule has 0 aliphatic heterocycles. The summed E-state index contributed by atoms with van der Waals surface area (Å²) in [6, 6.07) is 3.46. The van der Waals surface area contributed by atoms with Gasteiger partial charge in [0.25, 0.3) is 0 Å². The third-order valence-corrected chi connectivity index (χ3v) is 3.38. The molecule has 4 heteroatoms. The number of phenolic OH excluding ortho intramolecular Hbond substituents is 1. The number of nitrogens with one attached hydrogen (secondary N) is 1. The van der Waals surface area contributed by atoms with Gasteiger partial charge in [0, 0.05) is 22.6 Å². The van der Waals surface area contributed by atoms with E-state index < -0.39 is 0 Å². The highest BCUT2D eigenvalue weighted by Gasteiger charge is 2.16. The third kappa shape index (κ3) is 1.54. The van der Waals surface area contributed by atoms with E-state index in [0.717, 1.165) is 22.2 Å². The van der Waals surface area contributed by atoms with Crippen molar-refractivity contribution in [2.75, 3.05) is 0 Å². The van der Waals surface area contributed by atoms with E-state index in [2.05, 4.69) is 20.9 Å². The van der Waals surface area contributed by atoms with Crippen LogP contribution in [0.1, 0.15) is 24.2 Å². The molecule has 0 radical (unpaired) electrons. The van der Waals surface area contributed by atoms with Crippen molar-refractivity contribution in [2.45, 2.75) is 19.9 Å². The Balaban J connectivity index is 2.90. The molecule has 3 nitrogen and oxygen atoms in total. The summed E-state index contributed by atoms with van der Waals surface area (Å²) in [5.74, 6) is 0.239. The average molecular weight is 269 g/mol. The van der Waals surface area contributed by atoms with Crippen LogP contribution in [-0.2, 0) is 0 Å². The predicted molar refractivity (Wildman–Crippen MR) is 65.0 cm³/mol. The summed E-state index contributed by atoms with van der Waals surface area (Å²) in [5, 5.41) is 10.6. The highest BCUT2D eigenvalue weighted by molar-refractivity contribution is 9.10. The normalized spacial score (nSPS) is 13.3. The Labute approximate surface area is 96.4 Å². The lowest BCUT2D eigenvalue weighted by Gasteiger charge is -2.07. The molecule has 0 amide bonds. The lowest BCUT2D eigenvalue weighted by atomic mass is 10.1. The lowest BCUT2D eigenvalue weighted by molar-refractivity contribution is 0.473. The Bertz CT molecular complexity index is 517. The Morgan fingerprint density at radius 3 is 2.73 bits per heavy atom. The molecule has 80 valence electrons. The zero-order valence-electron chi connectivity index (χ0n) is 8.63. The summed E-state index contributed by atoms with van der Waals surface area (Å²) in [6.45, 7) is 3.92. The fraction of sp³-hybridized carbons (Fsp3) is 0.273. The van der Waals surface area contributed by atoms with Gasteiger partial charge in [0.05, 0.1) is 4.47 Å². The number of rotatable bonds is 1. The van der Waals surface area contributed by atoms with E-state index in [1.54, 1.807) is 6.07 Å². The van der Waals surface area contributed by atoms with E-state index in [1.165, 1.54) is 0 Å². The summed E-state index contributed by atoms with van der Waals surface area (Å²) in [7, 11) is 0. The number of hydrogen-bond acceptors (Lipinski definition) is 2. The summed E-state index contributed by atoms with van der Waals surface area (Å²) >= 11 is 3.39. The van der Waals surface area contributed by atoms with Gasteiger partial charge in [0.15, 0.2) is 0 Å². The number of aryl methyl sites for hydroxylation is 1. The number of aromatic nitrogens is 1. The van der Waals surface area contributed by atoms with Crippen LogP contribution in [0.3, 0.4) is 0 Å². The second-order valence-corrected chi connectivity index (χ2v) is 4.57. The van der Waals surface area contributed by atoms with Crippen molar-refractivity contribution in [3.8, 4) is 5.75 Å². The first-order valence-electron chi connectivity index (χ1n) is 4.77. The van der Waals surface area contributed by atoms with E-state index in [9.17, 15) is 5.11 Å². The molecule has 0 aliphatic rings. The molecule has 0 saturated carbocycles. The predicted octanol–water partition coefficient (Wildman–Crippen LogP) is 2.96. The first-order valence-corrected chi connectivity index (χ1v) is 5.57. The number of aromatic hydroxyl groups is 1. The summed E-state index contributed by atoms with van der Waals surface area (Å²) in [6.07, 6.45) is 0. The molecule has 2 rings (SSSR count). The van der Waals surface area contributed by atoms with Gasteiger partial charge in [-0.3, -0.25) is 0 Å². The van der Waals surface area contributed by atoms with Crippen molar-refractivity contribution in [2.24, 2.45) is 5.73 Å². The standard InChI is InChI=1S/C11H13BrN2O/c1-5(13)9-6(2)14-7-3-4-8(15)11(12)10(7)9/h3-5,14-15H,13H2,1-2H3. The molecule has 0 aliphatic carbocycles. The monoisotopic (exact) mass is 268 g/mol. The van der Waals surface area contributed by atoms with Crippen molar-refractivity contribution >= 4 is 26.8 Å². The van der Waals surface area contributed by atoms with Gasteiger partial charge in [0.1, 0.15) is 5.75 Å². The summed E-state index contributed by atoms with van der Waals surface area (Å²) in [4.78, 5) is 3.26. The number of halogens is 1. The molecule has 1 heterocycles. The van der Waals surface area contributed by atoms with Gasteiger partial charge >= 0.3 is 0 Å². The molecule has 1 atom stereocenters. The highest BCUT2D eigenvalue weighted by atomic mass is 79.9. The second kappa shape index (κ2) is 3.54. The number of phenols is 1. The minimum atomic E-state index is -0.0585. The largest absolute Gasteiger partial charge is 0.507 e. The van der Waals surface area contributed by atoms with E-state index in [0.29, 0.717) is 4.47 Å². The van der Waals surface area contributed by atoms with Gasteiger partial charge in [-0.15, -0.1) is 0 Å². The van der Waals surface area contributed by atoms with Crippen molar-refractivity contribution in [1.29, 1.82) is 0 Å². The summed E-state index contributed by atoms with van der Waals surface area (Å²) in [5.41, 5.74) is 9.01. The zero-order chi connectivity index (χ0) is 11.2. The summed E-state index contributed by atoms with van der Waals surface area (Å²) < 4.78 is 0.705. The maximum absolute atomic E-state index is 9.63. The molecule has 0 saturated heterocycles. The van der Waals surface area contributed by atoms with Crippen molar-refractivity contribution < 1.29 is 5.11 Å². The lowest BCUT2D eigenvalue weighted by Crippen LogP contribution is -2.05. The fourth-order valence-electron chi connectivity index (χ4n) is 1.96. The van der Waals surface area contributed by atoms with Crippen LogP contribution in [0.15, 0.2) is 16.6 Å². The molecule has 0 fully saturated rings. The van der Waals surface area contributed by atoms with Crippen molar-refractivity contribution in [3.63, 3.8) is 0 Å². The van der Waals surface area contributed by atoms with Crippen LogP contribution in [-0.4, -0.2) is 10.1 Å². The maximum atomic E-state index is 9.63. The van der Waals surface area contributed by atoms with Gasteiger partial charge in [0.2, 0.25) is 0 Å². The molecule has 1 aromatic heterocycles. The average Bonchev–Trinajstić information content (AvgIpc) is 2.49. The molecule has 15 heavy (non-hydrogen) atoms. The number of hydrogen-bond donors (Lipinski definition) is 3. The van der Waals surface area contributed by atoms with Gasteiger partial charge < -0.3 is 15.8 Å². The minimum Gasteiger partial charge on any atom is -0.507 e. The highest BCUT2D eigenvalue weighted by Crippen LogP contribution is 2.37. The van der Waals surface area contributed by atoms with Crippen LogP contribution in [0.5, 0.6) is 5.75 Å². The number of nitrogens with two attached hydrogens (primary N) is 1. The van der Waals surface area contributed by atoms with Gasteiger partial charge in [-0.25, -0.2) is 0 Å². The molecular weight excluding hydrogens is 256 g/mol. The van der Waals surface area contributed by atoms with Crippen LogP contribution < -0.4 is 5.73 Å². The van der Waals surface area contributed by atoms with Crippen LogP contribution >= 0.6 is 15.9 Å². The van der Waals surface area contributed by atoms with Crippen molar-refractivity contribution in [3.05, 3.63) is 27.9 Å². The number of H-pyrrole nitrogens is 1. The smallest absolute Gasteiger partial charge is 0.130 e. The maximum Gasteiger partial charge on any atom is 0.130 e. The molecule has 2 aromatic rings. The van der Waals surface area contributed by atoms with Gasteiger partial charge in [-0.1, -0.05) is 0 Å². The Morgan fingerprint density at radius 2 is 2.13 bits per heavy atom.